The van der Waals surface area contributed by atoms with Gasteiger partial charge in [0.2, 0.25) is 110 Å². The van der Waals surface area contributed by atoms with Crippen LogP contribution in [0.3, 0.4) is 0 Å². The predicted octanol–water partition coefficient (Wildman–Crippen LogP) is 8.96. The Hall–Kier alpha value is -5.10. The van der Waals surface area contributed by atoms with Gasteiger partial charge in [-0.3, -0.25) is 4.79 Å². The summed E-state index contributed by atoms with van der Waals surface area (Å²) in [5, 5.41) is 0. The van der Waals surface area contributed by atoms with Gasteiger partial charge in [-0.25, -0.2) is 39.5 Å². The number of carbonyl (C=O) groups excluding carboxylic acids is 1. The van der Waals surface area contributed by atoms with E-state index in [0.717, 1.165) is 0 Å². The maximum absolute atomic E-state index is 14.4. The van der Waals surface area contributed by atoms with Gasteiger partial charge >= 0.3 is 0 Å². The maximum Gasteiger partial charge on any atom is 0.213 e. The number of hydrogen-bond donors (Lipinski definition) is 0. The van der Waals surface area contributed by atoms with Gasteiger partial charge in [0.05, 0.1) is 5.56 Å². The van der Waals surface area contributed by atoms with E-state index in [1.54, 1.807) is 0 Å². The molecule has 0 aliphatic rings. The zero-order valence-corrected chi connectivity index (χ0v) is 20.0. The minimum Gasteiger partial charge on any atom is -0.447 e. The summed E-state index contributed by atoms with van der Waals surface area (Å²) in [6.07, 6.45) is -0.394. The minimum absolute atomic E-state index is 0.245. The Labute approximate surface area is 231 Å². The van der Waals surface area contributed by atoms with E-state index in [1.807, 2.05) is 0 Å². The van der Waals surface area contributed by atoms with Gasteiger partial charge in [-0.1, -0.05) is 0 Å². The van der Waals surface area contributed by atoms with Crippen molar-refractivity contribution in [2.75, 3.05) is 0 Å². The van der Waals surface area contributed by atoms with E-state index in [9.17, 15) is 70.7 Å². The van der Waals surface area contributed by atoms with Crippen molar-refractivity contribution in [3.05, 3.63) is 105 Å². The van der Waals surface area contributed by atoms with Crippen LogP contribution >= 0.6 is 0 Å². The van der Waals surface area contributed by atoms with Crippen LogP contribution < -0.4 is 14.2 Å². The Morgan fingerprint density at radius 3 is 0.932 bits per heavy atom. The fourth-order valence-electron chi connectivity index (χ4n) is 3.27. The van der Waals surface area contributed by atoms with Gasteiger partial charge in [-0.2, -0.15) is 26.3 Å². The highest BCUT2D eigenvalue weighted by Gasteiger charge is 2.34. The van der Waals surface area contributed by atoms with Crippen molar-refractivity contribution in [1.29, 1.82) is 0 Å². The molecule has 4 aromatic rings. The van der Waals surface area contributed by atoms with Gasteiger partial charge in [0.15, 0.2) is 17.8 Å². The summed E-state index contributed by atoms with van der Waals surface area (Å²) in [6, 6.07) is 0.593. The third kappa shape index (κ3) is 4.96. The molecule has 0 aromatic heterocycles. The molecule has 0 saturated heterocycles. The van der Waals surface area contributed by atoms with Crippen molar-refractivity contribution in [3.8, 4) is 34.5 Å². The molecule has 0 atom stereocenters. The van der Waals surface area contributed by atoms with Gasteiger partial charge in [-0.15, -0.1) is 0 Å². The molecule has 0 radical (unpaired) electrons. The lowest BCUT2D eigenvalue weighted by molar-refractivity contribution is 0.112. The largest absolute Gasteiger partial charge is 0.447 e. The van der Waals surface area contributed by atoms with Crippen LogP contribution in [0.5, 0.6) is 34.5 Å². The molecule has 0 saturated carbocycles. The number of rotatable bonds is 7. The van der Waals surface area contributed by atoms with Crippen LogP contribution in [0.15, 0.2) is 12.1 Å². The molecule has 0 amide bonds. The third-order valence-electron chi connectivity index (χ3n) is 5.36. The highest BCUT2D eigenvalue weighted by atomic mass is 19.2. The molecule has 4 rings (SSSR count). The molecule has 0 aliphatic carbocycles. The maximum atomic E-state index is 14.4. The predicted molar refractivity (Wildman–Crippen MR) is 111 cm³/mol. The summed E-state index contributed by atoms with van der Waals surface area (Å²) in [5.74, 6) is -53.3. The molecule has 4 aromatic carbocycles. The molecule has 232 valence electrons. The van der Waals surface area contributed by atoms with Crippen LogP contribution in [-0.2, 0) is 0 Å². The molecule has 0 aliphatic heterocycles. The number of benzene rings is 4. The summed E-state index contributed by atoms with van der Waals surface area (Å²) in [4.78, 5) is 11.6. The second kappa shape index (κ2) is 11.5. The second-order valence-electron chi connectivity index (χ2n) is 7.93. The van der Waals surface area contributed by atoms with Crippen LogP contribution in [-0.4, -0.2) is 6.29 Å². The second-order valence-corrected chi connectivity index (χ2v) is 7.93. The monoisotopic (exact) mass is 652 g/mol. The minimum atomic E-state index is -2.80. The number of carbonyl (C=O) groups is 1. The van der Waals surface area contributed by atoms with Crippen molar-refractivity contribution in [3.63, 3.8) is 0 Å². The first kappa shape index (κ1) is 31.8. The zero-order valence-electron chi connectivity index (χ0n) is 20.0. The molecule has 19 heteroatoms. The van der Waals surface area contributed by atoms with E-state index in [4.69, 9.17) is 0 Å². The summed E-state index contributed by atoms with van der Waals surface area (Å²) in [5.41, 5.74) is -1.18. The van der Waals surface area contributed by atoms with E-state index >= 15 is 0 Å². The fourth-order valence-corrected chi connectivity index (χ4v) is 3.27. The van der Waals surface area contributed by atoms with Crippen molar-refractivity contribution < 1.29 is 84.9 Å². The quantitative estimate of drug-likeness (QED) is 0.0866. The van der Waals surface area contributed by atoms with Crippen LogP contribution in [0.1, 0.15) is 10.4 Å². The van der Waals surface area contributed by atoms with E-state index < -0.39 is 134 Å². The molecule has 0 spiro atoms. The third-order valence-corrected chi connectivity index (χ3v) is 5.36. The van der Waals surface area contributed by atoms with Crippen LogP contribution in [0.4, 0.5) is 65.9 Å². The first-order valence-corrected chi connectivity index (χ1v) is 10.7. The fraction of sp³-hybridized carbons (Fsp3) is 0. The summed E-state index contributed by atoms with van der Waals surface area (Å²) >= 11 is 0. The summed E-state index contributed by atoms with van der Waals surface area (Å²) in [6.45, 7) is 0. The molecular weight excluding hydrogens is 649 g/mol. The normalized spacial score (nSPS) is 11.2. The number of hydrogen-bond acceptors (Lipinski definition) is 4. The lowest BCUT2D eigenvalue weighted by atomic mass is 10.1. The van der Waals surface area contributed by atoms with Crippen molar-refractivity contribution >= 4 is 6.29 Å². The molecule has 0 heterocycles. The van der Waals surface area contributed by atoms with Crippen molar-refractivity contribution in [1.82, 2.24) is 0 Å². The molecule has 4 nitrogen and oxygen atoms in total. The van der Waals surface area contributed by atoms with Gasteiger partial charge in [0.25, 0.3) is 0 Å². The van der Waals surface area contributed by atoms with Crippen molar-refractivity contribution in [2.24, 2.45) is 0 Å². The zero-order chi connectivity index (χ0) is 32.9. The topological polar surface area (TPSA) is 44.8 Å². The lowest BCUT2D eigenvalue weighted by Gasteiger charge is -2.20. The first-order valence-electron chi connectivity index (χ1n) is 10.7. The van der Waals surface area contributed by atoms with E-state index in [-0.39, 0.29) is 6.07 Å². The summed E-state index contributed by atoms with van der Waals surface area (Å²) < 4.78 is 223. The summed E-state index contributed by atoms with van der Waals surface area (Å²) in [7, 11) is 0. The first-order chi connectivity index (χ1) is 20.5. The SMILES string of the molecule is O=Cc1ccc(Oc2c(F)c(F)c(F)c(F)c2F)c(Oc2c(F)c(F)c(F)c(F)c2F)c1Oc1c(F)c(F)c(F)c(F)c1F. The average molecular weight is 652 g/mol. The lowest BCUT2D eigenvalue weighted by Crippen LogP contribution is -2.09. The van der Waals surface area contributed by atoms with Crippen LogP contribution in [0, 0.1) is 87.3 Å². The van der Waals surface area contributed by atoms with E-state index in [1.165, 1.54) is 0 Å². The number of ether oxygens (including phenoxy) is 3. The highest BCUT2D eigenvalue weighted by molar-refractivity contribution is 5.83. The molecule has 0 N–H and O–H groups in total. The Morgan fingerprint density at radius 1 is 0.341 bits per heavy atom. The standard InChI is InChI=1S/C25H3F15O4/c26-6-9(29)15(35)23(16(36)10(6)30)42-5-2-1-4(3-41)21(43-24-17(37)11(31)7(27)12(32)18(24)38)22(5)44-25-19(39)13(33)8(28)14(34)20(25)40/h1-3H. The Kier molecular flexibility index (Phi) is 8.34. The van der Waals surface area contributed by atoms with E-state index in [2.05, 4.69) is 14.2 Å². The molecule has 0 bridgehead atoms. The molecule has 0 fully saturated rings. The van der Waals surface area contributed by atoms with E-state index in [0.29, 0.717) is 6.07 Å². The van der Waals surface area contributed by atoms with Crippen molar-refractivity contribution in [2.45, 2.75) is 0 Å². The Morgan fingerprint density at radius 2 is 0.614 bits per heavy atom. The van der Waals surface area contributed by atoms with Gasteiger partial charge in [0.1, 0.15) is 0 Å². The Bertz CT molecular complexity index is 1790. The smallest absolute Gasteiger partial charge is 0.213 e. The van der Waals surface area contributed by atoms with Crippen LogP contribution in [0.2, 0.25) is 0 Å². The number of halogens is 15. The van der Waals surface area contributed by atoms with Gasteiger partial charge in [-0.05, 0) is 12.1 Å². The average Bonchev–Trinajstić information content (AvgIpc) is 3.01. The molecule has 0 unspecified atom stereocenters. The number of aldehydes is 1. The van der Waals surface area contributed by atoms with Gasteiger partial charge in [0, 0.05) is 0 Å². The van der Waals surface area contributed by atoms with Crippen LogP contribution in [0.25, 0.3) is 0 Å². The Balaban J connectivity index is 2.07. The highest BCUT2D eigenvalue weighted by Crippen LogP contribution is 2.49. The molecular formula is C25H3F15O4. The van der Waals surface area contributed by atoms with Gasteiger partial charge < -0.3 is 14.2 Å². The molecule has 44 heavy (non-hydrogen) atoms.